The number of anilines is 3. The number of para-hydroxylation sites is 2. The summed E-state index contributed by atoms with van der Waals surface area (Å²) in [6.07, 6.45) is 0. The van der Waals surface area contributed by atoms with Gasteiger partial charge < -0.3 is 13.7 Å². The van der Waals surface area contributed by atoms with Crippen molar-refractivity contribution in [2.24, 2.45) is 0 Å². The average Bonchev–Trinajstić information content (AvgIpc) is 4.00. The van der Waals surface area contributed by atoms with Crippen molar-refractivity contribution in [1.29, 1.82) is 0 Å². The fourth-order valence-electron chi connectivity index (χ4n) is 6.84. The molecule has 0 bridgehead atoms. The van der Waals surface area contributed by atoms with E-state index in [0.717, 1.165) is 10.9 Å². The van der Waals surface area contributed by atoms with Gasteiger partial charge in [-0.05, 0) is 88.8 Å². The normalized spacial score (nSPS) is 15.9. The number of benzene rings is 8. The SMILES string of the molecule is [2H]c1c([2H])c([2H])c(-c2c([2H])c([2H])c(N(c3c([2H])c([2H])c([2H])c([2H])c3[2H])c3c([2H])c([2H])c(-c4ccc5c(c4)oc4cccc(-c6nc(-c7ccccc7)c7oc8ccccc8c7n6)c45)c([2H])c3[2H])c([2H])c2[2H])c([2H])c1[2H]. The van der Waals surface area contributed by atoms with Crippen LogP contribution in [0, 0.1) is 0 Å². The predicted molar refractivity (Wildman–Crippen MR) is 233 cm³/mol. The van der Waals surface area contributed by atoms with E-state index in [0.29, 0.717) is 55.0 Å². The highest BCUT2D eigenvalue weighted by Gasteiger charge is 2.21. The van der Waals surface area contributed by atoms with Crippen LogP contribution in [-0.4, -0.2) is 9.97 Å². The Morgan fingerprint density at radius 1 is 0.439 bits per heavy atom. The fourth-order valence-corrected chi connectivity index (χ4v) is 6.84. The van der Waals surface area contributed by atoms with Gasteiger partial charge in [-0.15, -0.1) is 0 Å². The van der Waals surface area contributed by atoms with Crippen molar-refractivity contribution in [3.63, 3.8) is 0 Å². The Morgan fingerprint density at radius 2 is 1.07 bits per heavy atom. The molecule has 5 heteroatoms. The summed E-state index contributed by atoms with van der Waals surface area (Å²) < 4.78 is 172. The largest absolute Gasteiger partial charge is 0.456 e. The fraction of sp³-hybridized carbons (Fsp3) is 0. The molecular formula is C52H33N3O2. The van der Waals surface area contributed by atoms with Gasteiger partial charge in [-0.3, -0.25) is 0 Å². The highest BCUT2D eigenvalue weighted by Crippen LogP contribution is 2.41. The van der Waals surface area contributed by atoms with Crippen molar-refractivity contribution >= 4 is 61.1 Å². The molecule has 0 atom stereocenters. The van der Waals surface area contributed by atoms with Crippen molar-refractivity contribution in [1.82, 2.24) is 9.97 Å². The van der Waals surface area contributed by atoms with E-state index >= 15 is 0 Å². The molecule has 11 rings (SSSR count). The second kappa shape index (κ2) is 13.5. The Morgan fingerprint density at radius 3 is 1.82 bits per heavy atom. The molecule has 0 aliphatic heterocycles. The molecule has 0 aliphatic rings. The molecule has 8 aromatic carbocycles. The van der Waals surface area contributed by atoms with Gasteiger partial charge in [-0.25, -0.2) is 9.97 Å². The zero-order valence-corrected chi connectivity index (χ0v) is 29.3. The van der Waals surface area contributed by atoms with Crippen LogP contribution >= 0.6 is 0 Å². The molecule has 268 valence electrons. The topological polar surface area (TPSA) is 55.3 Å². The van der Waals surface area contributed by atoms with E-state index in [1.807, 2.05) is 60.7 Å². The third-order valence-corrected chi connectivity index (χ3v) is 9.42. The summed E-state index contributed by atoms with van der Waals surface area (Å²) in [5.41, 5.74) is 0.325. The van der Waals surface area contributed by atoms with E-state index in [1.54, 1.807) is 24.3 Å². The Balaban J connectivity index is 1.11. The van der Waals surface area contributed by atoms with Gasteiger partial charge in [-0.2, -0.15) is 0 Å². The molecule has 0 N–H and O–H groups in total. The van der Waals surface area contributed by atoms with Gasteiger partial charge in [0.05, 0.1) is 24.7 Å². The van der Waals surface area contributed by atoms with Crippen molar-refractivity contribution in [3.8, 4) is 44.9 Å². The van der Waals surface area contributed by atoms with E-state index in [1.165, 1.54) is 6.07 Å². The van der Waals surface area contributed by atoms with Crippen LogP contribution in [0.5, 0.6) is 0 Å². The molecule has 0 unspecified atom stereocenters. The zero-order valence-electron chi connectivity index (χ0n) is 47.3. The lowest BCUT2D eigenvalue weighted by Crippen LogP contribution is -2.09. The molecule has 0 aliphatic carbocycles. The maximum atomic E-state index is 9.49. The molecule has 5 nitrogen and oxygen atoms in total. The predicted octanol–water partition coefficient (Wildman–Crippen LogP) is 14.4. The third-order valence-electron chi connectivity index (χ3n) is 9.42. The molecule has 0 amide bonds. The molecule has 3 aromatic heterocycles. The van der Waals surface area contributed by atoms with Crippen LogP contribution in [0.1, 0.15) is 24.7 Å². The minimum atomic E-state index is -1.04. The number of aromatic nitrogens is 2. The monoisotopic (exact) mass is 749 g/mol. The minimum Gasteiger partial charge on any atom is -0.456 e. The van der Waals surface area contributed by atoms with Gasteiger partial charge in [0.2, 0.25) is 0 Å². The number of hydrogen-bond acceptors (Lipinski definition) is 5. The number of rotatable bonds is 7. The van der Waals surface area contributed by atoms with E-state index < -0.39 is 137 Å². The maximum Gasteiger partial charge on any atom is 0.180 e. The van der Waals surface area contributed by atoms with Crippen LogP contribution in [0.4, 0.5) is 17.1 Å². The first kappa shape index (κ1) is 19.2. The summed E-state index contributed by atoms with van der Waals surface area (Å²) in [6.45, 7) is 0. The summed E-state index contributed by atoms with van der Waals surface area (Å²) >= 11 is 0. The second-order valence-corrected chi connectivity index (χ2v) is 12.8. The first-order valence-corrected chi connectivity index (χ1v) is 17.6. The maximum absolute atomic E-state index is 9.49. The summed E-state index contributed by atoms with van der Waals surface area (Å²) in [4.78, 5) is 10.6. The average molecular weight is 750 g/mol. The summed E-state index contributed by atoms with van der Waals surface area (Å²) in [5, 5.41) is 2.00. The quantitative estimate of drug-likeness (QED) is 0.162. The second-order valence-electron chi connectivity index (χ2n) is 12.8. The van der Waals surface area contributed by atoms with E-state index in [-0.39, 0.29) is 16.7 Å². The van der Waals surface area contributed by atoms with Crippen molar-refractivity contribution in [2.45, 2.75) is 0 Å². The van der Waals surface area contributed by atoms with Crippen LogP contribution in [0.15, 0.2) is 209 Å². The summed E-state index contributed by atoms with van der Waals surface area (Å²) in [6, 6.07) is 11.2. The first-order chi connectivity index (χ1) is 35.7. The lowest BCUT2D eigenvalue weighted by Gasteiger charge is -2.26. The van der Waals surface area contributed by atoms with E-state index in [9.17, 15) is 8.22 Å². The molecule has 0 saturated carbocycles. The molecular weight excluding hydrogens is 699 g/mol. The van der Waals surface area contributed by atoms with E-state index in [4.69, 9.17) is 35.3 Å². The van der Waals surface area contributed by atoms with Gasteiger partial charge in [0.25, 0.3) is 0 Å². The molecule has 0 spiro atoms. The molecule has 0 radical (unpaired) electrons. The van der Waals surface area contributed by atoms with Crippen LogP contribution in [0.2, 0.25) is 0 Å². The van der Waals surface area contributed by atoms with Gasteiger partial charge in [0.1, 0.15) is 28.0 Å². The van der Waals surface area contributed by atoms with Crippen molar-refractivity contribution < 1.29 is 33.5 Å². The van der Waals surface area contributed by atoms with Gasteiger partial charge in [0, 0.05) is 44.3 Å². The first-order valence-electron chi connectivity index (χ1n) is 26.6. The third kappa shape index (κ3) is 5.72. The zero-order chi connectivity index (χ0) is 53.4. The van der Waals surface area contributed by atoms with E-state index in [2.05, 4.69) is 0 Å². The van der Waals surface area contributed by atoms with Crippen LogP contribution < -0.4 is 4.90 Å². The molecule has 0 fully saturated rings. The number of hydrogen-bond donors (Lipinski definition) is 0. The van der Waals surface area contributed by atoms with Gasteiger partial charge >= 0.3 is 0 Å². The minimum absolute atomic E-state index is 0.141. The van der Waals surface area contributed by atoms with Gasteiger partial charge in [-0.1, -0.05) is 133 Å². The van der Waals surface area contributed by atoms with Crippen LogP contribution in [0.25, 0.3) is 88.9 Å². The molecule has 0 saturated heterocycles. The summed E-state index contributed by atoms with van der Waals surface area (Å²) in [5.74, 6) is 0.370. The van der Waals surface area contributed by atoms with Crippen molar-refractivity contribution in [3.05, 3.63) is 200 Å². The standard InChI is InChI=1S/C52H33N3O2/c1-4-13-34(14-5-1)35-23-28-40(29-24-35)55(39-17-8-3-9-18-39)41-30-25-36(26-31-41)38-27-32-42-47(33-38)56-46-22-12-20-44(48(42)46)52-53-49(37-15-6-2-7-16-37)51-50(54-52)43-19-10-11-21-45(43)57-51/h1-33H/i1D,3D,4D,5D,8D,9D,13D,14D,17D,18D,23D,24D,25D,26D,28D,29D,30D,31D. The molecule has 3 heterocycles. The lowest BCUT2D eigenvalue weighted by molar-refractivity contribution is 0.667. The number of nitrogens with zero attached hydrogens (tertiary/aromatic N) is 3. The smallest absolute Gasteiger partial charge is 0.180 e. The number of furan rings is 2. The highest BCUT2D eigenvalue weighted by atomic mass is 16.3. The van der Waals surface area contributed by atoms with Gasteiger partial charge in [0.15, 0.2) is 11.4 Å². The Labute approximate surface area is 354 Å². The lowest BCUT2D eigenvalue weighted by atomic mass is 10.0. The molecule has 57 heavy (non-hydrogen) atoms. The highest BCUT2D eigenvalue weighted by molar-refractivity contribution is 6.13. The summed E-state index contributed by atoms with van der Waals surface area (Å²) in [7, 11) is 0. The Kier molecular flexibility index (Phi) is 4.55. The Hall–Kier alpha value is -7.76. The Bertz CT molecular complexity index is 4200. The number of fused-ring (bicyclic) bond motifs is 6. The van der Waals surface area contributed by atoms with Crippen molar-refractivity contribution in [2.75, 3.05) is 4.90 Å². The van der Waals surface area contributed by atoms with Crippen LogP contribution in [0.3, 0.4) is 0 Å². The molecule has 11 aromatic rings. The van der Waals surface area contributed by atoms with Crippen LogP contribution in [-0.2, 0) is 0 Å².